The quantitative estimate of drug-likeness (QED) is 0.469. The second-order valence-corrected chi connectivity index (χ2v) is 3.67. The van der Waals surface area contributed by atoms with E-state index in [9.17, 15) is 14.0 Å². The van der Waals surface area contributed by atoms with Gasteiger partial charge in [0, 0.05) is 5.02 Å². The van der Waals surface area contributed by atoms with Gasteiger partial charge in [-0.15, -0.1) is 0 Å². The molecule has 1 unspecified atom stereocenters. The van der Waals surface area contributed by atoms with Crippen molar-refractivity contribution in [3.8, 4) is 0 Å². The second kappa shape index (κ2) is 6.80. The zero-order valence-corrected chi connectivity index (χ0v) is 10.3. The van der Waals surface area contributed by atoms with Crippen LogP contribution in [0.5, 0.6) is 0 Å². The molecule has 5 nitrogen and oxygen atoms in total. The van der Waals surface area contributed by atoms with Gasteiger partial charge in [0.25, 0.3) is 0 Å². The lowest BCUT2D eigenvalue weighted by molar-refractivity contribution is -0.145. The Hall–Kier alpha value is -1.82. The molecule has 1 aromatic carbocycles. The highest BCUT2D eigenvalue weighted by atomic mass is 35.5. The minimum atomic E-state index is -1.15. The van der Waals surface area contributed by atoms with Crippen LogP contribution in [0.25, 0.3) is 0 Å². The summed E-state index contributed by atoms with van der Waals surface area (Å²) in [5.74, 6) is -1.34. The predicted molar refractivity (Wildman–Crippen MR) is 64.7 cm³/mol. The van der Waals surface area contributed by atoms with Crippen LogP contribution >= 0.6 is 11.6 Å². The molecule has 0 saturated heterocycles. The third kappa shape index (κ3) is 3.89. The van der Waals surface area contributed by atoms with Crippen molar-refractivity contribution in [3.05, 3.63) is 29.0 Å². The van der Waals surface area contributed by atoms with Gasteiger partial charge in [-0.1, -0.05) is 11.6 Å². The molecule has 98 valence electrons. The molecule has 1 amide bonds. The molecular weight excluding hydrogens is 263 g/mol. The molecule has 1 atom stereocenters. The van der Waals surface area contributed by atoms with E-state index in [1.165, 1.54) is 12.1 Å². The molecule has 2 N–H and O–H groups in total. The molecule has 0 fully saturated rings. The number of carbonyl (C=O) groups is 2. The van der Waals surface area contributed by atoms with Crippen LogP contribution in [0.2, 0.25) is 5.02 Å². The van der Waals surface area contributed by atoms with Crippen molar-refractivity contribution in [1.82, 2.24) is 5.32 Å². The fourth-order valence-electron chi connectivity index (χ4n) is 1.22. The normalized spacial score (nSPS) is 11.5. The van der Waals surface area contributed by atoms with Gasteiger partial charge in [0.2, 0.25) is 6.41 Å². The monoisotopic (exact) mass is 274 g/mol. The Morgan fingerprint density at radius 1 is 1.61 bits per heavy atom. The number of esters is 1. The molecule has 0 spiro atoms. The van der Waals surface area contributed by atoms with Gasteiger partial charge in [-0.3, -0.25) is 4.79 Å². The summed E-state index contributed by atoms with van der Waals surface area (Å²) in [7, 11) is 0. The summed E-state index contributed by atoms with van der Waals surface area (Å²) in [6, 6.07) is 3.90. The molecule has 0 saturated carbocycles. The van der Waals surface area contributed by atoms with Crippen LogP contribution in [-0.4, -0.2) is 25.2 Å². The average molecular weight is 275 g/mol. The first kappa shape index (κ1) is 14.2. The van der Waals surface area contributed by atoms with Crippen LogP contribution in [-0.2, 0) is 14.3 Å². The third-order valence-electron chi connectivity index (χ3n) is 1.99. The highest BCUT2D eigenvalue weighted by Gasteiger charge is 2.19. The maximum atomic E-state index is 13.5. The van der Waals surface area contributed by atoms with Gasteiger partial charge in [-0.2, -0.15) is 0 Å². The Morgan fingerprint density at radius 3 is 2.89 bits per heavy atom. The molecule has 1 rings (SSSR count). The van der Waals surface area contributed by atoms with Gasteiger partial charge in [0.15, 0.2) is 6.17 Å². The van der Waals surface area contributed by atoms with E-state index in [4.69, 9.17) is 16.3 Å². The first-order valence-corrected chi connectivity index (χ1v) is 5.54. The number of anilines is 1. The van der Waals surface area contributed by atoms with Gasteiger partial charge in [-0.05, 0) is 25.1 Å². The number of halogens is 2. The average Bonchev–Trinajstić information content (AvgIpc) is 2.32. The Kier molecular flexibility index (Phi) is 5.38. The number of carbonyl (C=O) groups excluding carboxylic acids is 2. The lowest BCUT2D eigenvalue weighted by atomic mass is 10.3. The van der Waals surface area contributed by atoms with E-state index in [0.717, 1.165) is 6.07 Å². The summed E-state index contributed by atoms with van der Waals surface area (Å²) < 4.78 is 18.2. The van der Waals surface area contributed by atoms with Crippen molar-refractivity contribution in [2.45, 2.75) is 13.1 Å². The van der Waals surface area contributed by atoms with Crippen LogP contribution in [0.3, 0.4) is 0 Å². The largest absolute Gasteiger partial charge is 0.463 e. The van der Waals surface area contributed by atoms with Crippen molar-refractivity contribution in [3.63, 3.8) is 0 Å². The molecule has 0 heterocycles. The molecule has 1 aromatic rings. The number of hydrogen-bond acceptors (Lipinski definition) is 4. The van der Waals surface area contributed by atoms with Gasteiger partial charge in [0.1, 0.15) is 5.82 Å². The molecule has 0 radical (unpaired) electrons. The van der Waals surface area contributed by atoms with Gasteiger partial charge < -0.3 is 15.4 Å². The van der Waals surface area contributed by atoms with Crippen LogP contribution in [0.4, 0.5) is 10.1 Å². The van der Waals surface area contributed by atoms with Crippen molar-refractivity contribution in [2.24, 2.45) is 0 Å². The number of nitrogens with one attached hydrogen (secondary N) is 2. The summed E-state index contributed by atoms with van der Waals surface area (Å²) in [5, 5.41) is 4.93. The van der Waals surface area contributed by atoms with Gasteiger partial charge in [0.05, 0.1) is 12.3 Å². The molecule has 0 aliphatic heterocycles. The smallest absolute Gasteiger partial charge is 0.349 e. The maximum absolute atomic E-state index is 13.5. The third-order valence-corrected chi connectivity index (χ3v) is 2.22. The highest BCUT2D eigenvalue weighted by molar-refractivity contribution is 6.30. The number of hydrogen-bond donors (Lipinski definition) is 2. The van der Waals surface area contributed by atoms with E-state index in [-0.39, 0.29) is 17.3 Å². The fraction of sp³-hybridized carbons (Fsp3) is 0.273. The molecule has 0 aliphatic carbocycles. The van der Waals surface area contributed by atoms with Gasteiger partial charge in [-0.25, -0.2) is 9.18 Å². The van der Waals surface area contributed by atoms with Crippen LogP contribution in [0, 0.1) is 5.82 Å². The minimum Gasteiger partial charge on any atom is -0.463 e. The zero-order valence-electron chi connectivity index (χ0n) is 9.57. The zero-order chi connectivity index (χ0) is 13.5. The number of rotatable bonds is 6. The first-order chi connectivity index (χ1) is 8.58. The van der Waals surface area contributed by atoms with E-state index in [1.807, 2.05) is 0 Å². The maximum Gasteiger partial charge on any atom is 0.349 e. The van der Waals surface area contributed by atoms with Crippen molar-refractivity contribution in [1.29, 1.82) is 0 Å². The van der Waals surface area contributed by atoms with Crippen LogP contribution < -0.4 is 10.6 Å². The van der Waals surface area contributed by atoms with Crippen LogP contribution in [0.15, 0.2) is 18.2 Å². The van der Waals surface area contributed by atoms with Gasteiger partial charge >= 0.3 is 5.97 Å². The van der Waals surface area contributed by atoms with Crippen molar-refractivity contribution < 1.29 is 18.7 Å². The second-order valence-electron chi connectivity index (χ2n) is 3.24. The van der Waals surface area contributed by atoms with E-state index < -0.39 is 18.0 Å². The minimum absolute atomic E-state index is 0.0341. The van der Waals surface area contributed by atoms with E-state index in [2.05, 4.69) is 10.6 Å². The van der Waals surface area contributed by atoms with E-state index in [1.54, 1.807) is 6.92 Å². The Morgan fingerprint density at radius 2 is 2.33 bits per heavy atom. The van der Waals surface area contributed by atoms with Crippen molar-refractivity contribution >= 4 is 29.7 Å². The van der Waals surface area contributed by atoms with E-state index in [0.29, 0.717) is 6.41 Å². The molecular formula is C11H12ClFN2O3. The summed E-state index contributed by atoms with van der Waals surface area (Å²) in [4.78, 5) is 21.8. The van der Waals surface area contributed by atoms with E-state index >= 15 is 0 Å². The summed E-state index contributed by atoms with van der Waals surface area (Å²) in [6.07, 6.45) is -0.833. The Bertz CT molecular complexity index is 442. The van der Waals surface area contributed by atoms with Crippen LogP contribution in [0.1, 0.15) is 6.92 Å². The molecule has 0 aromatic heterocycles. The SMILES string of the molecule is CCOC(=O)C(NC=O)Nc1ccc(Cl)cc1F. The lowest BCUT2D eigenvalue weighted by Gasteiger charge is -2.17. The summed E-state index contributed by atoms with van der Waals surface area (Å²) in [5.41, 5.74) is 0.0341. The molecule has 18 heavy (non-hydrogen) atoms. The topological polar surface area (TPSA) is 67.4 Å². The molecule has 0 bridgehead atoms. The Labute approximate surface area is 108 Å². The molecule has 0 aliphatic rings. The highest BCUT2D eigenvalue weighted by Crippen LogP contribution is 2.19. The fourth-order valence-corrected chi connectivity index (χ4v) is 1.38. The standard InChI is InChI=1S/C11H12ClFN2O3/c1-2-18-11(17)10(14-6-16)15-9-4-3-7(12)5-8(9)13/h3-6,10,15H,2H2,1H3,(H,14,16). The molecule has 7 heteroatoms. The predicted octanol–water partition coefficient (Wildman–Crippen LogP) is 1.53. The lowest BCUT2D eigenvalue weighted by Crippen LogP contribution is -2.43. The number of amides is 1. The Balaban J connectivity index is 2.82. The summed E-state index contributed by atoms with van der Waals surface area (Å²) >= 11 is 5.60. The summed E-state index contributed by atoms with van der Waals surface area (Å²) in [6.45, 7) is 1.78. The number of ether oxygens (including phenoxy) is 1. The first-order valence-electron chi connectivity index (χ1n) is 5.16. The number of benzene rings is 1. The van der Waals surface area contributed by atoms with Crippen molar-refractivity contribution in [2.75, 3.05) is 11.9 Å².